The highest BCUT2D eigenvalue weighted by Crippen LogP contribution is 2.28. The lowest BCUT2D eigenvalue weighted by molar-refractivity contribution is -0.143. The Balaban J connectivity index is 1.67. The lowest BCUT2D eigenvalue weighted by atomic mass is 9.85. The van der Waals surface area contributed by atoms with E-state index in [1.807, 2.05) is 57.5 Å². The molecule has 3 N–H and O–H groups in total. The number of likely N-dealkylation sites (tertiary alicyclic amines) is 1. The van der Waals surface area contributed by atoms with Crippen LogP contribution in [0.15, 0.2) is 29.8 Å². The van der Waals surface area contributed by atoms with E-state index >= 15 is 0 Å². The Labute approximate surface area is 198 Å². The molecule has 1 aliphatic rings. The number of rotatable bonds is 6. The molecule has 3 unspecified atom stereocenters. The van der Waals surface area contributed by atoms with Crippen molar-refractivity contribution in [3.8, 4) is 10.4 Å². The summed E-state index contributed by atoms with van der Waals surface area (Å²) in [5.41, 5.74) is 4.26. The molecule has 0 radical (unpaired) electrons. The summed E-state index contributed by atoms with van der Waals surface area (Å²) in [6.07, 6.45) is -0.623. The number of aromatic nitrogens is 1. The largest absolute Gasteiger partial charge is 0.391 e. The minimum atomic E-state index is -0.793. The van der Waals surface area contributed by atoms with Gasteiger partial charge in [0.05, 0.1) is 22.2 Å². The lowest BCUT2D eigenvalue weighted by Gasteiger charge is -2.35. The number of hydrogen-bond acceptors (Lipinski definition) is 6. The van der Waals surface area contributed by atoms with Crippen LogP contribution in [0, 0.1) is 12.3 Å². The van der Waals surface area contributed by atoms with E-state index in [2.05, 4.69) is 15.6 Å². The van der Waals surface area contributed by atoms with Gasteiger partial charge in [-0.05, 0) is 23.5 Å². The number of carbonyl (C=O) groups excluding carboxylic acids is 3. The molecule has 3 rings (SSSR count). The monoisotopic (exact) mass is 472 g/mol. The molecule has 0 spiro atoms. The number of carbonyl (C=O) groups is 3. The van der Waals surface area contributed by atoms with Crippen molar-refractivity contribution < 1.29 is 19.5 Å². The third-order valence-electron chi connectivity index (χ3n) is 5.75. The Morgan fingerprint density at radius 2 is 1.91 bits per heavy atom. The van der Waals surface area contributed by atoms with Crippen molar-refractivity contribution in [2.75, 3.05) is 6.54 Å². The normalized spacial score (nSPS) is 19.3. The van der Waals surface area contributed by atoms with Gasteiger partial charge in [0.2, 0.25) is 17.7 Å². The summed E-state index contributed by atoms with van der Waals surface area (Å²) >= 11 is 1.59. The number of thiazole rings is 1. The van der Waals surface area contributed by atoms with Gasteiger partial charge in [0.15, 0.2) is 0 Å². The average Bonchev–Trinajstić information content (AvgIpc) is 3.35. The van der Waals surface area contributed by atoms with Crippen LogP contribution in [-0.2, 0) is 20.9 Å². The zero-order valence-corrected chi connectivity index (χ0v) is 20.5. The van der Waals surface area contributed by atoms with E-state index in [1.165, 1.54) is 11.8 Å². The van der Waals surface area contributed by atoms with Gasteiger partial charge in [0.1, 0.15) is 12.1 Å². The van der Waals surface area contributed by atoms with Crippen molar-refractivity contribution in [1.82, 2.24) is 20.5 Å². The van der Waals surface area contributed by atoms with Crippen molar-refractivity contribution in [2.24, 2.45) is 5.41 Å². The van der Waals surface area contributed by atoms with Crippen molar-refractivity contribution in [3.05, 3.63) is 41.0 Å². The minimum Gasteiger partial charge on any atom is -0.391 e. The average molecular weight is 473 g/mol. The van der Waals surface area contributed by atoms with Gasteiger partial charge in [-0.3, -0.25) is 14.4 Å². The van der Waals surface area contributed by atoms with Crippen LogP contribution in [0.25, 0.3) is 10.4 Å². The standard InChI is InChI=1S/C24H32N4O4S/c1-14-20(33-13-26-14)17-8-6-16(7-9-17)11-25-22(31)19-10-18(30)12-28(19)23(32)21(24(3,4)5)27-15(2)29/h6-9,13,18-19,21,30H,10-12H2,1-5H3,(H,25,31)(H,27,29). The molecule has 3 atom stereocenters. The van der Waals surface area contributed by atoms with Gasteiger partial charge >= 0.3 is 0 Å². The van der Waals surface area contributed by atoms with Gasteiger partial charge in [0.25, 0.3) is 0 Å². The molecule has 9 heteroatoms. The first-order valence-corrected chi connectivity index (χ1v) is 11.9. The second-order valence-corrected chi connectivity index (χ2v) is 10.4. The molecule has 2 heterocycles. The van der Waals surface area contributed by atoms with E-state index in [0.29, 0.717) is 6.54 Å². The Hall–Kier alpha value is -2.78. The number of β-amino-alcohol motifs (C(OH)–C–C–N with tert-alkyl or cyclic N) is 1. The molecular weight excluding hydrogens is 440 g/mol. The third-order valence-corrected chi connectivity index (χ3v) is 6.73. The van der Waals surface area contributed by atoms with Gasteiger partial charge in [-0.15, -0.1) is 11.3 Å². The molecule has 1 aromatic heterocycles. The molecular formula is C24H32N4O4S. The molecule has 3 amide bonds. The van der Waals surface area contributed by atoms with Crippen LogP contribution in [0.4, 0.5) is 0 Å². The summed E-state index contributed by atoms with van der Waals surface area (Å²) in [6.45, 7) is 9.26. The fourth-order valence-electron chi connectivity index (χ4n) is 3.98. The fourth-order valence-corrected chi connectivity index (χ4v) is 4.80. The highest BCUT2D eigenvalue weighted by atomic mass is 32.1. The van der Waals surface area contributed by atoms with E-state index in [0.717, 1.165) is 21.7 Å². The van der Waals surface area contributed by atoms with Gasteiger partial charge in [-0.1, -0.05) is 45.0 Å². The van der Waals surface area contributed by atoms with Crippen molar-refractivity contribution in [3.63, 3.8) is 0 Å². The number of nitrogens with one attached hydrogen (secondary N) is 2. The van der Waals surface area contributed by atoms with Crippen LogP contribution in [0.2, 0.25) is 0 Å². The molecule has 8 nitrogen and oxygen atoms in total. The molecule has 178 valence electrons. The summed E-state index contributed by atoms with van der Waals surface area (Å²) in [5.74, 6) is -1.00. The maximum atomic E-state index is 13.3. The summed E-state index contributed by atoms with van der Waals surface area (Å²) in [4.78, 5) is 44.7. The molecule has 2 aromatic rings. The number of hydrogen-bond donors (Lipinski definition) is 3. The fraction of sp³-hybridized carbons (Fsp3) is 0.500. The second kappa shape index (κ2) is 10.0. The van der Waals surface area contributed by atoms with Crippen molar-refractivity contribution >= 4 is 29.1 Å². The van der Waals surface area contributed by atoms with Crippen LogP contribution >= 0.6 is 11.3 Å². The number of amides is 3. The molecule has 1 aromatic carbocycles. The number of aryl methyl sites for hydroxylation is 1. The van der Waals surface area contributed by atoms with Crippen molar-refractivity contribution in [2.45, 2.75) is 65.8 Å². The summed E-state index contributed by atoms with van der Waals surface area (Å²) in [5, 5.41) is 15.8. The van der Waals surface area contributed by atoms with Crippen LogP contribution in [0.5, 0.6) is 0 Å². The van der Waals surface area contributed by atoms with Gasteiger partial charge < -0.3 is 20.6 Å². The van der Waals surface area contributed by atoms with Crippen LogP contribution in [-0.4, -0.2) is 57.4 Å². The Bertz CT molecular complexity index is 1010. The van der Waals surface area contributed by atoms with Gasteiger partial charge in [0, 0.05) is 26.4 Å². The third kappa shape index (κ3) is 5.97. The molecule has 1 saturated heterocycles. The quantitative estimate of drug-likeness (QED) is 0.597. The minimum absolute atomic E-state index is 0.0615. The highest BCUT2D eigenvalue weighted by molar-refractivity contribution is 7.13. The second-order valence-electron chi connectivity index (χ2n) is 9.58. The summed E-state index contributed by atoms with van der Waals surface area (Å²) < 4.78 is 0. The zero-order chi connectivity index (χ0) is 24.3. The van der Waals surface area contributed by atoms with Crippen LogP contribution in [0.1, 0.15) is 45.4 Å². The Morgan fingerprint density at radius 1 is 1.24 bits per heavy atom. The summed E-state index contributed by atoms with van der Waals surface area (Å²) in [6, 6.07) is 6.32. The smallest absolute Gasteiger partial charge is 0.246 e. The predicted molar refractivity (Wildman–Crippen MR) is 127 cm³/mol. The van der Waals surface area contributed by atoms with Gasteiger partial charge in [-0.2, -0.15) is 0 Å². The Kier molecular flexibility index (Phi) is 7.54. The van der Waals surface area contributed by atoms with Crippen LogP contribution in [0.3, 0.4) is 0 Å². The van der Waals surface area contributed by atoms with E-state index in [4.69, 9.17) is 0 Å². The maximum Gasteiger partial charge on any atom is 0.246 e. The van der Waals surface area contributed by atoms with Gasteiger partial charge in [-0.25, -0.2) is 4.98 Å². The number of aliphatic hydroxyl groups is 1. The van der Waals surface area contributed by atoms with Crippen molar-refractivity contribution in [1.29, 1.82) is 0 Å². The first-order valence-electron chi connectivity index (χ1n) is 11.0. The molecule has 1 fully saturated rings. The molecule has 33 heavy (non-hydrogen) atoms. The topological polar surface area (TPSA) is 112 Å². The zero-order valence-electron chi connectivity index (χ0n) is 19.7. The van der Waals surface area contributed by atoms with E-state index < -0.39 is 23.6 Å². The molecule has 1 aliphatic heterocycles. The SMILES string of the molecule is CC(=O)NC(C(=O)N1CC(O)CC1C(=O)NCc1ccc(-c2scnc2C)cc1)C(C)(C)C. The van der Waals surface area contributed by atoms with Crippen LogP contribution < -0.4 is 10.6 Å². The Morgan fingerprint density at radius 3 is 2.45 bits per heavy atom. The first kappa shape index (κ1) is 24.9. The molecule has 0 aliphatic carbocycles. The van der Waals surface area contributed by atoms with E-state index in [9.17, 15) is 19.5 Å². The number of aliphatic hydroxyl groups excluding tert-OH is 1. The first-order chi connectivity index (χ1) is 15.5. The lowest BCUT2D eigenvalue weighted by Crippen LogP contribution is -2.57. The molecule has 0 bridgehead atoms. The number of benzene rings is 1. The molecule has 0 saturated carbocycles. The maximum absolute atomic E-state index is 13.3. The highest BCUT2D eigenvalue weighted by Gasteiger charge is 2.44. The van der Waals surface area contributed by atoms with E-state index in [-0.39, 0.29) is 30.7 Å². The summed E-state index contributed by atoms with van der Waals surface area (Å²) in [7, 11) is 0. The number of nitrogens with zero attached hydrogens (tertiary/aromatic N) is 2. The van der Waals surface area contributed by atoms with E-state index in [1.54, 1.807) is 11.3 Å². The predicted octanol–water partition coefficient (Wildman–Crippen LogP) is 2.25.